The van der Waals surface area contributed by atoms with E-state index in [0.717, 1.165) is 17.3 Å². The van der Waals surface area contributed by atoms with Gasteiger partial charge in [0.05, 0.1) is 24.9 Å². The summed E-state index contributed by atoms with van der Waals surface area (Å²) in [6, 6.07) is 7.11. The van der Waals surface area contributed by atoms with Gasteiger partial charge in [-0.15, -0.1) is 0 Å². The fraction of sp³-hybridized carbons (Fsp3) is 0.421. The highest BCUT2D eigenvalue weighted by molar-refractivity contribution is 5.31. The lowest BCUT2D eigenvalue weighted by Gasteiger charge is -2.51. The molecule has 0 saturated carbocycles. The molecule has 134 valence electrons. The molecule has 6 heteroatoms. The van der Waals surface area contributed by atoms with Gasteiger partial charge in [0, 0.05) is 28.9 Å². The van der Waals surface area contributed by atoms with Crippen LogP contribution >= 0.6 is 0 Å². The van der Waals surface area contributed by atoms with Gasteiger partial charge in [0.1, 0.15) is 11.6 Å². The van der Waals surface area contributed by atoms with Crippen molar-refractivity contribution in [2.45, 2.75) is 31.9 Å². The Kier molecular flexibility index (Phi) is 4.62. The first-order chi connectivity index (χ1) is 11.8. The molecular weight excluding hydrogens is 326 g/mol. The summed E-state index contributed by atoms with van der Waals surface area (Å²) in [5.41, 5.74) is 6.32. The number of hydrogen-bond donors (Lipinski definition) is 2. The van der Waals surface area contributed by atoms with Crippen LogP contribution in [0.25, 0.3) is 0 Å². The van der Waals surface area contributed by atoms with Gasteiger partial charge in [-0.05, 0) is 31.0 Å². The van der Waals surface area contributed by atoms with Gasteiger partial charge in [-0.3, -0.25) is 4.98 Å². The molecular formula is C19H22F2N2O2. The van der Waals surface area contributed by atoms with Gasteiger partial charge >= 0.3 is 0 Å². The SMILES string of the molecule is Cc1ccc([C@H]2C[C@@](C)(CO)[C@](N)(c3ccc(F)cc3F)CO2)cn1. The zero-order valence-electron chi connectivity index (χ0n) is 14.3. The quantitative estimate of drug-likeness (QED) is 0.895. The van der Waals surface area contributed by atoms with Crippen molar-refractivity contribution in [1.29, 1.82) is 0 Å². The lowest BCUT2D eigenvalue weighted by molar-refractivity contribution is -0.124. The largest absolute Gasteiger partial charge is 0.396 e. The summed E-state index contributed by atoms with van der Waals surface area (Å²) in [6.07, 6.45) is 1.83. The molecule has 0 spiro atoms. The first-order valence-electron chi connectivity index (χ1n) is 8.18. The third kappa shape index (κ3) is 3.05. The van der Waals surface area contributed by atoms with Crippen LogP contribution in [0.2, 0.25) is 0 Å². The maximum absolute atomic E-state index is 14.4. The van der Waals surface area contributed by atoms with E-state index < -0.39 is 22.6 Å². The van der Waals surface area contributed by atoms with Crippen molar-refractivity contribution < 1.29 is 18.6 Å². The van der Waals surface area contributed by atoms with E-state index in [1.54, 1.807) is 13.1 Å². The number of aryl methyl sites for hydroxylation is 1. The Bertz CT molecular complexity index is 769. The van der Waals surface area contributed by atoms with Crippen LogP contribution in [0.1, 0.15) is 36.3 Å². The molecule has 4 nitrogen and oxygen atoms in total. The average Bonchev–Trinajstić information content (AvgIpc) is 2.58. The van der Waals surface area contributed by atoms with Gasteiger partial charge in [-0.1, -0.05) is 19.1 Å². The number of hydrogen-bond acceptors (Lipinski definition) is 4. The standard InChI is InChI=1S/C19H22F2N2O2/c1-12-3-4-13(9-23-12)17-8-18(2,10-24)19(22,11-25-17)15-6-5-14(20)7-16(15)21/h3-7,9,17,24H,8,10-11,22H2,1-2H3/t17-,18+,19-/m1/s1. The van der Waals surface area contributed by atoms with Gasteiger partial charge in [0.25, 0.3) is 0 Å². The van der Waals surface area contributed by atoms with Crippen LogP contribution in [0, 0.1) is 24.0 Å². The number of pyridine rings is 1. The van der Waals surface area contributed by atoms with Gasteiger partial charge < -0.3 is 15.6 Å². The van der Waals surface area contributed by atoms with E-state index in [1.807, 2.05) is 19.1 Å². The highest BCUT2D eigenvalue weighted by Gasteiger charge is 2.52. The van der Waals surface area contributed by atoms with Crippen molar-refractivity contribution in [2.75, 3.05) is 13.2 Å². The number of benzene rings is 1. The highest BCUT2D eigenvalue weighted by atomic mass is 19.1. The van der Waals surface area contributed by atoms with Crippen LogP contribution in [0.15, 0.2) is 36.5 Å². The van der Waals surface area contributed by atoms with E-state index in [4.69, 9.17) is 10.5 Å². The molecule has 3 atom stereocenters. The van der Waals surface area contributed by atoms with Crippen molar-refractivity contribution in [3.05, 3.63) is 65.0 Å². The minimum Gasteiger partial charge on any atom is -0.396 e. The van der Waals surface area contributed by atoms with Crippen molar-refractivity contribution >= 4 is 0 Å². The monoisotopic (exact) mass is 348 g/mol. The van der Waals surface area contributed by atoms with Gasteiger partial charge in [-0.25, -0.2) is 8.78 Å². The molecule has 1 aliphatic rings. The Hall–Kier alpha value is -1.89. The smallest absolute Gasteiger partial charge is 0.131 e. The van der Waals surface area contributed by atoms with E-state index in [1.165, 1.54) is 12.1 Å². The number of halogens is 2. The van der Waals surface area contributed by atoms with Crippen molar-refractivity contribution in [3.63, 3.8) is 0 Å². The third-order valence-corrected chi connectivity index (χ3v) is 5.29. The van der Waals surface area contributed by atoms with Gasteiger partial charge in [0.2, 0.25) is 0 Å². The zero-order valence-corrected chi connectivity index (χ0v) is 14.3. The normalized spacial score (nSPS) is 29.6. The molecule has 2 heterocycles. The first-order valence-corrected chi connectivity index (χ1v) is 8.18. The number of aromatic nitrogens is 1. The van der Waals surface area contributed by atoms with Gasteiger partial charge in [-0.2, -0.15) is 0 Å². The third-order valence-electron chi connectivity index (χ3n) is 5.29. The van der Waals surface area contributed by atoms with Crippen molar-refractivity contribution in [2.24, 2.45) is 11.1 Å². The number of ether oxygens (including phenoxy) is 1. The predicted molar refractivity (Wildman–Crippen MR) is 89.7 cm³/mol. The van der Waals surface area contributed by atoms with E-state index in [0.29, 0.717) is 6.42 Å². The van der Waals surface area contributed by atoms with E-state index in [9.17, 15) is 13.9 Å². The van der Waals surface area contributed by atoms with Crippen molar-refractivity contribution in [3.8, 4) is 0 Å². The van der Waals surface area contributed by atoms with Gasteiger partial charge in [0.15, 0.2) is 0 Å². The summed E-state index contributed by atoms with van der Waals surface area (Å²) in [5.74, 6) is -1.41. The summed E-state index contributed by atoms with van der Waals surface area (Å²) in [4.78, 5) is 4.27. The molecule has 3 rings (SSSR count). The first kappa shape index (κ1) is 17.9. The lowest BCUT2D eigenvalue weighted by atomic mass is 9.63. The van der Waals surface area contributed by atoms with Crippen LogP contribution < -0.4 is 5.73 Å². The zero-order chi connectivity index (χ0) is 18.2. The lowest BCUT2D eigenvalue weighted by Crippen LogP contribution is -2.60. The second-order valence-electron chi connectivity index (χ2n) is 7.05. The Morgan fingerprint density at radius 1 is 1.32 bits per heavy atom. The molecule has 1 aromatic heterocycles. The fourth-order valence-corrected chi connectivity index (χ4v) is 3.40. The van der Waals surface area contributed by atoms with Crippen LogP contribution in [0.3, 0.4) is 0 Å². The minimum atomic E-state index is -1.27. The number of nitrogens with two attached hydrogens (primary N) is 1. The number of nitrogens with zero attached hydrogens (tertiary/aromatic N) is 1. The Labute approximate surface area is 145 Å². The van der Waals surface area contributed by atoms with Crippen LogP contribution in [-0.2, 0) is 10.3 Å². The molecule has 3 N–H and O–H groups in total. The fourth-order valence-electron chi connectivity index (χ4n) is 3.40. The summed E-state index contributed by atoms with van der Waals surface area (Å²) < 4.78 is 33.5. The molecule has 0 bridgehead atoms. The molecule has 0 aliphatic carbocycles. The molecule has 25 heavy (non-hydrogen) atoms. The molecule has 1 fully saturated rings. The second-order valence-corrected chi connectivity index (χ2v) is 7.05. The maximum atomic E-state index is 14.4. The Balaban J connectivity index is 1.96. The van der Waals surface area contributed by atoms with E-state index in [2.05, 4.69) is 4.98 Å². The average molecular weight is 348 g/mol. The molecule has 1 saturated heterocycles. The molecule has 0 radical (unpaired) electrons. The molecule has 1 aliphatic heterocycles. The van der Waals surface area contributed by atoms with Crippen molar-refractivity contribution in [1.82, 2.24) is 4.98 Å². The number of rotatable bonds is 3. The number of aliphatic hydroxyl groups excluding tert-OH is 1. The highest BCUT2D eigenvalue weighted by Crippen LogP contribution is 2.49. The molecule has 1 aromatic carbocycles. The topological polar surface area (TPSA) is 68.4 Å². The Morgan fingerprint density at radius 2 is 2.08 bits per heavy atom. The Morgan fingerprint density at radius 3 is 2.68 bits per heavy atom. The second kappa shape index (κ2) is 6.44. The molecule has 2 aromatic rings. The van der Waals surface area contributed by atoms with Crippen LogP contribution in [0.5, 0.6) is 0 Å². The van der Waals surface area contributed by atoms with E-state index in [-0.39, 0.29) is 24.9 Å². The maximum Gasteiger partial charge on any atom is 0.131 e. The predicted octanol–water partition coefficient (Wildman–Crippen LogP) is 2.98. The van der Waals surface area contributed by atoms with Crippen LogP contribution in [0.4, 0.5) is 8.78 Å². The molecule has 0 unspecified atom stereocenters. The van der Waals surface area contributed by atoms with E-state index >= 15 is 0 Å². The summed E-state index contributed by atoms with van der Waals surface area (Å²) in [5, 5.41) is 10.1. The minimum absolute atomic E-state index is 0.00511. The summed E-state index contributed by atoms with van der Waals surface area (Å²) >= 11 is 0. The summed E-state index contributed by atoms with van der Waals surface area (Å²) in [6.45, 7) is 3.45. The summed E-state index contributed by atoms with van der Waals surface area (Å²) in [7, 11) is 0. The number of aliphatic hydroxyl groups is 1. The molecule has 0 amide bonds. The van der Waals surface area contributed by atoms with Crippen LogP contribution in [-0.4, -0.2) is 23.3 Å².